The molecule has 0 aliphatic carbocycles. The third kappa shape index (κ3) is 3.38. The third-order valence-corrected chi connectivity index (χ3v) is 2.65. The van der Waals surface area contributed by atoms with Crippen LogP contribution in [0.5, 0.6) is 0 Å². The average molecular weight is 246 g/mol. The fraction of sp³-hybridized carbons (Fsp3) is 0.385. The molecule has 2 aromatic rings. The topological polar surface area (TPSA) is 73.1 Å². The van der Waals surface area contributed by atoms with Crippen molar-refractivity contribution in [1.29, 1.82) is 0 Å². The molecule has 2 rings (SSSR count). The summed E-state index contributed by atoms with van der Waals surface area (Å²) < 4.78 is 4.98. The molecular weight excluding hydrogens is 228 g/mol. The minimum Gasteiger partial charge on any atom is -0.383 e. The summed E-state index contributed by atoms with van der Waals surface area (Å²) in [7, 11) is 1.65. The maximum atomic E-state index is 5.84. The minimum atomic E-state index is 0.0518. The molecule has 5 heteroatoms. The third-order valence-electron chi connectivity index (χ3n) is 2.65. The van der Waals surface area contributed by atoms with Gasteiger partial charge in [-0.1, -0.05) is 12.1 Å². The van der Waals surface area contributed by atoms with Crippen LogP contribution in [-0.4, -0.2) is 36.3 Å². The number of methoxy groups -OCH3 is 1. The fourth-order valence-electron chi connectivity index (χ4n) is 1.73. The van der Waals surface area contributed by atoms with E-state index in [0.29, 0.717) is 6.61 Å². The molecule has 1 unspecified atom stereocenters. The Hall–Kier alpha value is -1.72. The summed E-state index contributed by atoms with van der Waals surface area (Å²) in [6, 6.07) is 7.85. The van der Waals surface area contributed by atoms with Crippen LogP contribution in [-0.2, 0) is 4.74 Å². The molecule has 0 saturated heterocycles. The van der Waals surface area contributed by atoms with E-state index < -0.39 is 0 Å². The number of nitrogens with two attached hydrogens (primary N) is 1. The van der Waals surface area contributed by atoms with Crippen molar-refractivity contribution in [3.63, 3.8) is 0 Å². The summed E-state index contributed by atoms with van der Waals surface area (Å²) in [5, 5.41) is 3.22. The Balaban J connectivity index is 1.91. The second-order valence-corrected chi connectivity index (χ2v) is 4.17. The SMILES string of the molecule is COCC(N)CCNc1cnc2ccccc2n1. The Morgan fingerprint density at radius 1 is 1.33 bits per heavy atom. The molecule has 96 valence electrons. The van der Waals surface area contributed by atoms with Crippen molar-refractivity contribution >= 4 is 16.9 Å². The van der Waals surface area contributed by atoms with Crippen molar-refractivity contribution in [2.45, 2.75) is 12.5 Å². The lowest BCUT2D eigenvalue weighted by Crippen LogP contribution is -2.28. The van der Waals surface area contributed by atoms with Gasteiger partial charge in [-0.3, -0.25) is 4.98 Å². The van der Waals surface area contributed by atoms with E-state index in [0.717, 1.165) is 29.8 Å². The molecule has 0 fully saturated rings. The molecule has 18 heavy (non-hydrogen) atoms. The summed E-state index contributed by atoms with van der Waals surface area (Å²) in [6.07, 6.45) is 2.58. The maximum Gasteiger partial charge on any atom is 0.145 e. The Kier molecular flexibility index (Phi) is 4.44. The number of para-hydroxylation sites is 2. The van der Waals surface area contributed by atoms with Crippen molar-refractivity contribution in [3.05, 3.63) is 30.5 Å². The number of aromatic nitrogens is 2. The van der Waals surface area contributed by atoms with Crippen LogP contribution in [0.15, 0.2) is 30.5 Å². The maximum absolute atomic E-state index is 5.84. The summed E-state index contributed by atoms with van der Waals surface area (Å²) in [4.78, 5) is 8.81. The first-order valence-electron chi connectivity index (χ1n) is 6.00. The molecular formula is C13H18N4O. The lowest BCUT2D eigenvalue weighted by molar-refractivity contribution is 0.178. The number of anilines is 1. The van der Waals surface area contributed by atoms with Gasteiger partial charge in [0.1, 0.15) is 5.82 Å². The van der Waals surface area contributed by atoms with Gasteiger partial charge in [0.25, 0.3) is 0 Å². The molecule has 5 nitrogen and oxygen atoms in total. The van der Waals surface area contributed by atoms with Gasteiger partial charge in [-0.15, -0.1) is 0 Å². The highest BCUT2D eigenvalue weighted by Gasteiger charge is 2.02. The van der Waals surface area contributed by atoms with E-state index >= 15 is 0 Å². The first kappa shape index (κ1) is 12.7. The van der Waals surface area contributed by atoms with Gasteiger partial charge >= 0.3 is 0 Å². The summed E-state index contributed by atoms with van der Waals surface area (Å²) in [5.41, 5.74) is 7.63. The van der Waals surface area contributed by atoms with Gasteiger partial charge in [0.15, 0.2) is 0 Å². The van der Waals surface area contributed by atoms with E-state index in [9.17, 15) is 0 Å². The lowest BCUT2D eigenvalue weighted by Gasteiger charge is -2.11. The molecule has 0 aliphatic rings. The zero-order valence-electron chi connectivity index (χ0n) is 10.5. The monoisotopic (exact) mass is 246 g/mol. The van der Waals surface area contributed by atoms with Gasteiger partial charge in [0.2, 0.25) is 0 Å². The summed E-state index contributed by atoms with van der Waals surface area (Å²) in [6.45, 7) is 1.34. The van der Waals surface area contributed by atoms with Crippen LogP contribution in [0.25, 0.3) is 11.0 Å². The van der Waals surface area contributed by atoms with E-state index in [2.05, 4.69) is 15.3 Å². The molecule has 0 spiro atoms. The number of rotatable bonds is 6. The van der Waals surface area contributed by atoms with Crippen LogP contribution in [0, 0.1) is 0 Å². The van der Waals surface area contributed by atoms with E-state index in [1.54, 1.807) is 13.3 Å². The van der Waals surface area contributed by atoms with Crippen LogP contribution in [0.1, 0.15) is 6.42 Å². The smallest absolute Gasteiger partial charge is 0.145 e. The molecule has 0 bridgehead atoms. The number of hydrogen-bond donors (Lipinski definition) is 2. The van der Waals surface area contributed by atoms with Crippen molar-refractivity contribution in [3.8, 4) is 0 Å². The second-order valence-electron chi connectivity index (χ2n) is 4.17. The predicted octanol–water partition coefficient (Wildman–Crippen LogP) is 1.41. The standard InChI is InChI=1S/C13H18N4O/c1-18-9-10(14)6-7-15-13-8-16-11-4-2-3-5-12(11)17-13/h2-5,8,10H,6-7,9,14H2,1H3,(H,15,17). The van der Waals surface area contributed by atoms with E-state index in [1.165, 1.54) is 0 Å². The largest absolute Gasteiger partial charge is 0.383 e. The summed E-state index contributed by atoms with van der Waals surface area (Å²) >= 11 is 0. The number of fused-ring (bicyclic) bond motifs is 1. The number of hydrogen-bond acceptors (Lipinski definition) is 5. The van der Waals surface area contributed by atoms with Gasteiger partial charge < -0.3 is 15.8 Å². The first-order valence-corrected chi connectivity index (χ1v) is 6.00. The van der Waals surface area contributed by atoms with Gasteiger partial charge in [0.05, 0.1) is 23.8 Å². The van der Waals surface area contributed by atoms with Gasteiger partial charge in [-0.2, -0.15) is 0 Å². The molecule has 0 saturated carbocycles. The van der Waals surface area contributed by atoms with E-state index in [-0.39, 0.29) is 6.04 Å². The van der Waals surface area contributed by atoms with Crippen LogP contribution in [0.3, 0.4) is 0 Å². The number of nitrogens with one attached hydrogen (secondary N) is 1. The number of nitrogens with zero attached hydrogens (tertiary/aromatic N) is 2. The quantitative estimate of drug-likeness (QED) is 0.806. The van der Waals surface area contributed by atoms with Crippen LogP contribution < -0.4 is 11.1 Å². The lowest BCUT2D eigenvalue weighted by atomic mass is 10.2. The van der Waals surface area contributed by atoms with Crippen molar-refractivity contribution in [2.24, 2.45) is 5.73 Å². The number of benzene rings is 1. The molecule has 3 N–H and O–H groups in total. The molecule has 1 heterocycles. The Bertz CT molecular complexity index is 503. The van der Waals surface area contributed by atoms with Crippen LogP contribution in [0.4, 0.5) is 5.82 Å². The van der Waals surface area contributed by atoms with E-state index in [4.69, 9.17) is 10.5 Å². The Labute approximate surface area is 106 Å². The fourth-order valence-corrected chi connectivity index (χ4v) is 1.73. The highest BCUT2D eigenvalue weighted by atomic mass is 16.5. The van der Waals surface area contributed by atoms with Crippen molar-refractivity contribution in [2.75, 3.05) is 25.6 Å². The minimum absolute atomic E-state index is 0.0518. The Morgan fingerprint density at radius 3 is 2.89 bits per heavy atom. The first-order chi connectivity index (χ1) is 8.79. The molecule has 0 amide bonds. The second kappa shape index (κ2) is 6.28. The highest BCUT2D eigenvalue weighted by molar-refractivity contribution is 5.75. The van der Waals surface area contributed by atoms with Gasteiger partial charge in [-0.05, 0) is 18.6 Å². The summed E-state index contributed by atoms with van der Waals surface area (Å²) in [5.74, 6) is 0.776. The van der Waals surface area contributed by atoms with Gasteiger partial charge in [-0.25, -0.2) is 4.98 Å². The molecule has 1 aromatic carbocycles. The average Bonchev–Trinajstić information content (AvgIpc) is 2.39. The van der Waals surface area contributed by atoms with Crippen LogP contribution in [0.2, 0.25) is 0 Å². The van der Waals surface area contributed by atoms with Crippen molar-refractivity contribution < 1.29 is 4.74 Å². The molecule has 1 aromatic heterocycles. The van der Waals surface area contributed by atoms with E-state index in [1.807, 2.05) is 24.3 Å². The van der Waals surface area contributed by atoms with Crippen molar-refractivity contribution in [1.82, 2.24) is 9.97 Å². The zero-order valence-corrected chi connectivity index (χ0v) is 10.5. The number of ether oxygens (including phenoxy) is 1. The molecule has 0 radical (unpaired) electrons. The predicted molar refractivity (Wildman–Crippen MR) is 72.5 cm³/mol. The molecule has 0 aliphatic heterocycles. The Morgan fingerprint density at radius 2 is 2.11 bits per heavy atom. The highest BCUT2D eigenvalue weighted by Crippen LogP contribution is 2.11. The van der Waals surface area contributed by atoms with Crippen LogP contribution >= 0.6 is 0 Å². The zero-order chi connectivity index (χ0) is 12.8. The van der Waals surface area contributed by atoms with Gasteiger partial charge in [0, 0.05) is 19.7 Å². The molecule has 1 atom stereocenters. The normalized spacial score (nSPS) is 12.6.